The van der Waals surface area contributed by atoms with Gasteiger partial charge in [0.25, 0.3) is 0 Å². The van der Waals surface area contributed by atoms with Crippen LogP contribution in [0.25, 0.3) is 0 Å². The fourth-order valence-corrected chi connectivity index (χ4v) is 1.70. The summed E-state index contributed by atoms with van der Waals surface area (Å²) in [6, 6.07) is 0. The minimum Gasteiger partial charge on any atom is -0.394 e. The van der Waals surface area contributed by atoms with Crippen molar-refractivity contribution in [1.82, 2.24) is 0 Å². The summed E-state index contributed by atoms with van der Waals surface area (Å²) in [6.45, 7) is 0.380. The number of rotatable bonds is 7. The van der Waals surface area contributed by atoms with E-state index >= 15 is 0 Å². The third-order valence-electron chi connectivity index (χ3n) is 2.75. The summed E-state index contributed by atoms with van der Waals surface area (Å²) in [7, 11) is 0. The highest BCUT2D eigenvalue weighted by molar-refractivity contribution is 4.88. The molecule has 1 fully saturated rings. The van der Waals surface area contributed by atoms with Gasteiger partial charge >= 0.3 is 0 Å². The van der Waals surface area contributed by atoms with Crippen LogP contribution in [0.3, 0.4) is 0 Å². The molecule has 0 aliphatic carbocycles. The average Bonchev–Trinajstić information content (AvgIpc) is 2.42. The van der Waals surface area contributed by atoms with E-state index in [1.54, 1.807) is 0 Å². The van der Waals surface area contributed by atoms with E-state index in [1.807, 2.05) is 0 Å². The van der Waals surface area contributed by atoms with Gasteiger partial charge in [-0.25, -0.2) is 0 Å². The zero-order chi connectivity index (χ0) is 14.3. The molecule has 0 saturated carbocycles. The second kappa shape index (κ2) is 8.45. The Kier molecular flexibility index (Phi) is 7.27. The second-order valence-electron chi connectivity index (χ2n) is 4.18. The molecule has 1 aliphatic heterocycles. The van der Waals surface area contributed by atoms with Crippen molar-refractivity contribution in [3.8, 4) is 12.3 Å². The Morgan fingerprint density at radius 2 is 1.84 bits per heavy atom. The number of aliphatic hydroxyl groups is 4. The molecule has 5 unspecified atom stereocenters. The van der Waals surface area contributed by atoms with Gasteiger partial charge in [0.1, 0.15) is 31.0 Å². The smallest absolute Gasteiger partial charge is 0.186 e. The number of ether oxygens (including phenoxy) is 3. The van der Waals surface area contributed by atoms with Gasteiger partial charge < -0.3 is 34.6 Å². The molecule has 0 aromatic heterocycles. The SMILES string of the molecule is C#CCOCCCOC1OC(CO)C(O)C(O)C1O. The standard InChI is InChI=1S/C12H20O7/c1-2-4-17-5-3-6-18-12-11(16)10(15)9(14)8(7-13)19-12/h1,8-16H,3-7H2. The highest BCUT2D eigenvalue weighted by Crippen LogP contribution is 2.21. The molecule has 0 bridgehead atoms. The lowest BCUT2D eigenvalue weighted by Crippen LogP contribution is -2.59. The topological polar surface area (TPSA) is 109 Å². The molecule has 0 aromatic rings. The zero-order valence-electron chi connectivity index (χ0n) is 10.5. The maximum atomic E-state index is 9.66. The minimum atomic E-state index is -1.42. The van der Waals surface area contributed by atoms with Gasteiger partial charge in [-0.15, -0.1) is 6.42 Å². The first-order valence-corrected chi connectivity index (χ1v) is 6.05. The van der Waals surface area contributed by atoms with Gasteiger partial charge in [0.05, 0.1) is 19.8 Å². The van der Waals surface area contributed by atoms with Gasteiger partial charge in [-0.1, -0.05) is 5.92 Å². The Balaban J connectivity index is 2.30. The van der Waals surface area contributed by atoms with Crippen LogP contribution >= 0.6 is 0 Å². The zero-order valence-corrected chi connectivity index (χ0v) is 10.5. The summed E-state index contributed by atoms with van der Waals surface area (Å²) in [6.07, 6.45) is -0.680. The van der Waals surface area contributed by atoms with Crippen LogP contribution < -0.4 is 0 Å². The van der Waals surface area contributed by atoms with E-state index in [2.05, 4.69) is 5.92 Å². The molecule has 5 atom stereocenters. The van der Waals surface area contributed by atoms with Crippen LogP contribution in [0.15, 0.2) is 0 Å². The van der Waals surface area contributed by atoms with Gasteiger partial charge in [0, 0.05) is 0 Å². The third-order valence-corrected chi connectivity index (χ3v) is 2.75. The van der Waals surface area contributed by atoms with Crippen molar-refractivity contribution in [3.05, 3.63) is 0 Å². The summed E-state index contributed by atoms with van der Waals surface area (Å²) in [5.41, 5.74) is 0. The van der Waals surface area contributed by atoms with Gasteiger partial charge in [-0.05, 0) is 6.42 Å². The van der Waals surface area contributed by atoms with Crippen molar-refractivity contribution in [2.24, 2.45) is 0 Å². The van der Waals surface area contributed by atoms with E-state index in [4.69, 9.17) is 25.7 Å². The molecular formula is C12H20O7. The lowest BCUT2D eigenvalue weighted by molar-refractivity contribution is -0.301. The quantitative estimate of drug-likeness (QED) is 0.310. The van der Waals surface area contributed by atoms with Crippen molar-refractivity contribution in [3.63, 3.8) is 0 Å². The fourth-order valence-electron chi connectivity index (χ4n) is 1.70. The average molecular weight is 276 g/mol. The van der Waals surface area contributed by atoms with E-state index in [1.165, 1.54) is 0 Å². The Hall–Kier alpha value is -0.720. The summed E-state index contributed by atoms with van der Waals surface area (Å²) >= 11 is 0. The molecule has 0 spiro atoms. The summed E-state index contributed by atoms with van der Waals surface area (Å²) < 4.78 is 15.4. The molecular weight excluding hydrogens is 256 g/mol. The minimum absolute atomic E-state index is 0.222. The second-order valence-corrected chi connectivity index (χ2v) is 4.18. The molecule has 1 rings (SSSR count). The van der Waals surface area contributed by atoms with Gasteiger partial charge in [0.2, 0.25) is 0 Å². The van der Waals surface area contributed by atoms with Crippen molar-refractivity contribution < 1.29 is 34.6 Å². The third kappa shape index (κ3) is 4.71. The molecule has 0 amide bonds. The van der Waals surface area contributed by atoms with Crippen molar-refractivity contribution in [2.75, 3.05) is 26.4 Å². The lowest BCUT2D eigenvalue weighted by atomic mass is 9.99. The number of hydrogen-bond donors (Lipinski definition) is 4. The van der Waals surface area contributed by atoms with E-state index < -0.39 is 37.3 Å². The fraction of sp³-hybridized carbons (Fsp3) is 0.833. The van der Waals surface area contributed by atoms with Crippen LogP contribution in [0, 0.1) is 12.3 Å². The summed E-state index contributed by atoms with van der Waals surface area (Å²) in [5, 5.41) is 37.7. The maximum absolute atomic E-state index is 9.66. The first kappa shape index (κ1) is 16.3. The monoisotopic (exact) mass is 276 g/mol. The Morgan fingerprint density at radius 1 is 1.11 bits per heavy atom. The van der Waals surface area contributed by atoms with E-state index in [0.29, 0.717) is 13.0 Å². The van der Waals surface area contributed by atoms with Gasteiger partial charge in [-0.3, -0.25) is 0 Å². The highest BCUT2D eigenvalue weighted by atomic mass is 16.7. The molecule has 1 heterocycles. The lowest BCUT2D eigenvalue weighted by Gasteiger charge is -2.39. The molecule has 19 heavy (non-hydrogen) atoms. The van der Waals surface area contributed by atoms with E-state index in [-0.39, 0.29) is 13.2 Å². The summed E-state index contributed by atoms with van der Waals surface area (Å²) in [4.78, 5) is 0. The van der Waals surface area contributed by atoms with Crippen molar-refractivity contribution >= 4 is 0 Å². The van der Waals surface area contributed by atoms with Gasteiger partial charge in [-0.2, -0.15) is 0 Å². The molecule has 0 aromatic carbocycles. The molecule has 110 valence electrons. The molecule has 7 heteroatoms. The Morgan fingerprint density at radius 3 is 2.47 bits per heavy atom. The van der Waals surface area contributed by atoms with Crippen LogP contribution in [-0.2, 0) is 14.2 Å². The van der Waals surface area contributed by atoms with Crippen molar-refractivity contribution in [2.45, 2.75) is 37.1 Å². The van der Waals surface area contributed by atoms with Crippen LogP contribution in [0.4, 0.5) is 0 Å². The molecule has 4 N–H and O–H groups in total. The maximum Gasteiger partial charge on any atom is 0.186 e. The van der Waals surface area contributed by atoms with Crippen LogP contribution in [-0.4, -0.2) is 77.6 Å². The molecule has 1 aliphatic rings. The number of aliphatic hydroxyl groups excluding tert-OH is 4. The predicted molar refractivity (Wildman–Crippen MR) is 64.0 cm³/mol. The Bertz CT molecular complexity index is 288. The van der Waals surface area contributed by atoms with Crippen LogP contribution in [0.1, 0.15) is 6.42 Å². The summed E-state index contributed by atoms with van der Waals surface area (Å²) in [5.74, 6) is 2.32. The van der Waals surface area contributed by atoms with Crippen LogP contribution in [0.2, 0.25) is 0 Å². The Labute approximate surface area is 111 Å². The first-order chi connectivity index (χ1) is 9.11. The predicted octanol–water partition coefficient (Wildman–Crippen LogP) is -2.16. The molecule has 7 nitrogen and oxygen atoms in total. The molecule has 1 saturated heterocycles. The van der Waals surface area contributed by atoms with Crippen molar-refractivity contribution in [1.29, 1.82) is 0 Å². The molecule has 0 radical (unpaired) electrons. The number of terminal acetylenes is 1. The van der Waals surface area contributed by atoms with E-state index in [0.717, 1.165) is 0 Å². The highest BCUT2D eigenvalue weighted by Gasteiger charge is 2.43. The van der Waals surface area contributed by atoms with Crippen LogP contribution in [0.5, 0.6) is 0 Å². The van der Waals surface area contributed by atoms with E-state index in [9.17, 15) is 15.3 Å². The number of hydrogen-bond acceptors (Lipinski definition) is 7. The normalized spacial score (nSPS) is 35.0. The largest absolute Gasteiger partial charge is 0.394 e. The van der Waals surface area contributed by atoms with Gasteiger partial charge in [0.15, 0.2) is 6.29 Å². The first-order valence-electron chi connectivity index (χ1n) is 6.05.